The Bertz CT molecular complexity index is 628. The summed E-state index contributed by atoms with van der Waals surface area (Å²) in [7, 11) is 1.72. The molecule has 5 nitrogen and oxygen atoms in total. The number of aromatic nitrogens is 1. The van der Waals surface area contributed by atoms with E-state index in [0.29, 0.717) is 18.8 Å². The zero-order valence-electron chi connectivity index (χ0n) is 12.2. The number of rotatable bonds is 5. The topological polar surface area (TPSA) is 68.5 Å². The number of carbonyl (C=O) groups is 1. The second-order valence-corrected chi connectivity index (χ2v) is 4.64. The van der Waals surface area contributed by atoms with Crippen LogP contribution in [0.25, 0.3) is 0 Å². The van der Waals surface area contributed by atoms with E-state index < -0.39 is 0 Å². The molecule has 2 N–H and O–H groups in total. The van der Waals surface area contributed by atoms with E-state index in [1.165, 1.54) is 0 Å². The molecule has 0 saturated carbocycles. The fraction of sp³-hybridized carbons (Fsp3) is 0.250. The van der Waals surface area contributed by atoms with Crippen LogP contribution in [0.4, 0.5) is 5.69 Å². The number of benzene rings is 1. The molecular weight excluding hydrogens is 266 g/mol. The minimum Gasteiger partial charge on any atom is -0.494 e. The van der Waals surface area contributed by atoms with Crippen LogP contribution in [-0.4, -0.2) is 29.4 Å². The number of hydrogen-bond donors (Lipinski definition) is 1. The van der Waals surface area contributed by atoms with Crippen LogP contribution in [-0.2, 0) is 6.54 Å². The van der Waals surface area contributed by atoms with Crippen molar-refractivity contribution in [2.24, 2.45) is 0 Å². The van der Waals surface area contributed by atoms with E-state index >= 15 is 0 Å². The van der Waals surface area contributed by atoms with Gasteiger partial charge in [0.25, 0.3) is 5.91 Å². The Morgan fingerprint density at radius 1 is 1.29 bits per heavy atom. The van der Waals surface area contributed by atoms with Gasteiger partial charge in [0.2, 0.25) is 0 Å². The summed E-state index contributed by atoms with van der Waals surface area (Å²) in [5.74, 6) is 0.577. The molecule has 0 bridgehead atoms. The zero-order chi connectivity index (χ0) is 15.2. The largest absolute Gasteiger partial charge is 0.494 e. The molecule has 1 aromatic carbocycles. The summed E-state index contributed by atoms with van der Waals surface area (Å²) in [6.07, 6.45) is 1.56. The van der Waals surface area contributed by atoms with Gasteiger partial charge in [-0.25, -0.2) is 4.98 Å². The van der Waals surface area contributed by atoms with Gasteiger partial charge in [-0.2, -0.15) is 0 Å². The lowest BCUT2D eigenvalue weighted by molar-refractivity contribution is 0.0779. The monoisotopic (exact) mass is 285 g/mol. The predicted molar refractivity (Wildman–Crippen MR) is 82.1 cm³/mol. The fourth-order valence-electron chi connectivity index (χ4n) is 2.04. The predicted octanol–water partition coefficient (Wildman–Crippen LogP) is 2.33. The number of nitrogens with two attached hydrogens (primary N) is 1. The molecule has 2 rings (SSSR count). The minimum absolute atomic E-state index is 0.209. The van der Waals surface area contributed by atoms with Crippen molar-refractivity contribution >= 4 is 11.6 Å². The molecule has 1 heterocycles. The molecule has 21 heavy (non-hydrogen) atoms. The van der Waals surface area contributed by atoms with Crippen LogP contribution in [0.3, 0.4) is 0 Å². The maximum atomic E-state index is 12.4. The number of para-hydroxylation sites is 1. The number of pyridine rings is 1. The van der Waals surface area contributed by atoms with Crippen molar-refractivity contribution < 1.29 is 9.53 Å². The zero-order valence-corrected chi connectivity index (χ0v) is 12.2. The molecule has 0 atom stereocenters. The van der Waals surface area contributed by atoms with E-state index in [4.69, 9.17) is 10.5 Å². The summed E-state index contributed by atoms with van der Waals surface area (Å²) >= 11 is 0. The first kappa shape index (κ1) is 14.8. The first-order chi connectivity index (χ1) is 10.1. The van der Waals surface area contributed by atoms with Gasteiger partial charge < -0.3 is 15.4 Å². The van der Waals surface area contributed by atoms with Gasteiger partial charge in [-0.05, 0) is 25.1 Å². The van der Waals surface area contributed by atoms with Gasteiger partial charge in [-0.15, -0.1) is 0 Å². The van der Waals surface area contributed by atoms with Crippen LogP contribution in [0.15, 0.2) is 42.6 Å². The highest BCUT2D eigenvalue weighted by Gasteiger charge is 2.17. The Balaban J connectivity index is 2.17. The van der Waals surface area contributed by atoms with Crippen LogP contribution in [0, 0.1) is 0 Å². The highest BCUT2D eigenvalue weighted by atomic mass is 16.5. The lowest BCUT2D eigenvalue weighted by Gasteiger charge is -2.19. The number of amides is 1. The molecule has 0 aliphatic rings. The summed E-state index contributed by atoms with van der Waals surface area (Å²) < 4.78 is 5.57. The van der Waals surface area contributed by atoms with Crippen LogP contribution in [0.5, 0.6) is 5.75 Å². The molecule has 0 saturated heterocycles. The smallest absolute Gasteiger partial charge is 0.274 e. The molecule has 0 aliphatic carbocycles. The van der Waals surface area contributed by atoms with Gasteiger partial charge in [0.05, 0.1) is 12.3 Å². The van der Waals surface area contributed by atoms with Crippen LogP contribution in [0.1, 0.15) is 23.0 Å². The first-order valence-electron chi connectivity index (χ1n) is 6.80. The first-order valence-corrected chi connectivity index (χ1v) is 6.80. The standard InChI is InChI=1S/C16H19N3O2/c1-3-21-14-9-5-4-7-12(14)11-19(2)16(20)15-13(17)8-6-10-18-15/h4-10H,3,11,17H2,1-2H3. The Hall–Kier alpha value is -2.56. The van der Waals surface area contributed by atoms with Crippen molar-refractivity contribution in [1.82, 2.24) is 9.88 Å². The third kappa shape index (κ3) is 3.51. The summed E-state index contributed by atoms with van der Waals surface area (Å²) in [5, 5.41) is 0. The van der Waals surface area contributed by atoms with E-state index in [9.17, 15) is 4.79 Å². The minimum atomic E-state index is -0.209. The molecule has 0 fully saturated rings. The highest BCUT2D eigenvalue weighted by molar-refractivity contribution is 5.96. The van der Waals surface area contributed by atoms with Crippen molar-refractivity contribution in [1.29, 1.82) is 0 Å². The molecule has 5 heteroatoms. The maximum absolute atomic E-state index is 12.4. The molecule has 110 valence electrons. The molecular formula is C16H19N3O2. The third-order valence-corrected chi connectivity index (χ3v) is 3.07. The summed E-state index contributed by atoms with van der Waals surface area (Å²) in [6.45, 7) is 2.95. The van der Waals surface area contributed by atoms with Gasteiger partial charge in [-0.3, -0.25) is 4.79 Å². The summed E-state index contributed by atoms with van der Waals surface area (Å²) in [6, 6.07) is 11.0. The number of anilines is 1. The average molecular weight is 285 g/mol. The van der Waals surface area contributed by atoms with Crippen LogP contribution >= 0.6 is 0 Å². The lowest BCUT2D eigenvalue weighted by atomic mass is 10.2. The Morgan fingerprint density at radius 2 is 2.05 bits per heavy atom. The van der Waals surface area contributed by atoms with Gasteiger partial charge in [-0.1, -0.05) is 18.2 Å². The van der Waals surface area contributed by atoms with E-state index in [2.05, 4.69) is 4.98 Å². The molecule has 1 amide bonds. The van der Waals surface area contributed by atoms with Gasteiger partial charge in [0, 0.05) is 25.4 Å². The van der Waals surface area contributed by atoms with Crippen LogP contribution < -0.4 is 10.5 Å². The Morgan fingerprint density at radius 3 is 2.76 bits per heavy atom. The SMILES string of the molecule is CCOc1ccccc1CN(C)C(=O)c1ncccc1N. The second kappa shape index (κ2) is 6.74. The Kier molecular flexibility index (Phi) is 4.77. The lowest BCUT2D eigenvalue weighted by Crippen LogP contribution is -2.28. The normalized spacial score (nSPS) is 10.2. The highest BCUT2D eigenvalue weighted by Crippen LogP contribution is 2.20. The Labute approximate surface area is 124 Å². The van der Waals surface area contributed by atoms with Crippen molar-refractivity contribution in [2.45, 2.75) is 13.5 Å². The van der Waals surface area contributed by atoms with E-state index in [-0.39, 0.29) is 11.6 Å². The van der Waals surface area contributed by atoms with E-state index in [1.54, 1.807) is 30.3 Å². The third-order valence-electron chi connectivity index (χ3n) is 3.07. The molecule has 0 aliphatic heterocycles. The van der Waals surface area contributed by atoms with Gasteiger partial charge in [0.15, 0.2) is 5.69 Å². The van der Waals surface area contributed by atoms with E-state index in [1.807, 2.05) is 31.2 Å². The number of ether oxygens (including phenoxy) is 1. The second-order valence-electron chi connectivity index (χ2n) is 4.64. The average Bonchev–Trinajstić information content (AvgIpc) is 2.49. The molecule has 1 aromatic heterocycles. The summed E-state index contributed by atoms with van der Waals surface area (Å²) in [5.41, 5.74) is 7.40. The summed E-state index contributed by atoms with van der Waals surface area (Å²) in [4.78, 5) is 18.0. The van der Waals surface area contributed by atoms with E-state index in [0.717, 1.165) is 11.3 Å². The number of carbonyl (C=O) groups excluding carboxylic acids is 1. The molecule has 2 aromatic rings. The molecule has 0 unspecified atom stereocenters. The molecule has 0 spiro atoms. The van der Waals surface area contributed by atoms with Crippen molar-refractivity contribution in [3.05, 3.63) is 53.9 Å². The van der Waals surface area contributed by atoms with Gasteiger partial charge >= 0.3 is 0 Å². The van der Waals surface area contributed by atoms with Crippen molar-refractivity contribution in [2.75, 3.05) is 19.4 Å². The van der Waals surface area contributed by atoms with Crippen molar-refractivity contribution in [3.8, 4) is 5.75 Å². The fourth-order valence-corrected chi connectivity index (χ4v) is 2.04. The number of nitrogen functional groups attached to an aromatic ring is 1. The van der Waals surface area contributed by atoms with Crippen molar-refractivity contribution in [3.63, 3.8) is 0 Å². The number of hydrogen-bond acceptors (Lipinski definition) is 4. The number of nitrogens with zero attached hydrogens (tertiary/aromatic N) is 2. The van der Waals surface area contributed by atoms with Gasteiger partial charge in [0.1, 0.15) is 5.75 Å². The van der Waals surface area contributed by atoms with Crippen LogP contribution in [0.2, 0.25) is 0 Å². The maximum Gasteiger partial charge on any atom is 0.274 e. The molecule has 0 radical (unpaired) electrons. The quantitative estimate of drug-likeness (QED) is 0.915.